The third-order valence-corrected chi connectivity index (χ3v) is 4.31. The van der Waals surface area contributed by atoms with Gasteiger partial charge < -0.3 is 15.0 Å². The Bertz CT molecular complexity index is 541. The van der Waals surface area contributed by atoms with Crippen molar-refractivity contribution < 1.29 is 14.3 Å². The fourth-order valence-corrected chi connectivity index (χ4v) is 3.22. The summed E-state index contributed by atoms with van der Waals surface area (Å²) in [6.07, 6.45) is 2.78. The van der Waals surface area contributed by atoms with Crippen LogP contribution in [-0.2, 0) is 9.59 Å². The largest absolute Gasteiger partial charge is 0.497 e. The Balaban J connectivity index is 1.77. The molecule has 2 saturated heterocycles. The van der Waals surface area contributed by atoms with Gasteiger partial charge in [0.05, 0.1) is 7.11 Å². The predicted molar refractivity (Wildman–Crippen MR) is 74.5 cm³/mol. The summed E-state index contributed by atoms with van der Waals surface area (Å²) in [4.78, 5) is 26.2. The average Bonchev–Trinajstić information content (AvgIpc) is 3.02. The van der Waals surface area contributed by atoms with E-state index in [9.17, 15) is 9.59 Å². The molecule has 1 N–H and O–H groups in total. The van der Waals surface area contributed by atoms with E-state index in [2.05, 4.69) is 5.32 Å². The van der Waals surface area contributed by atoms with E-state index in [0.29, 0.717) is 19.4 Å². The summed E-state index contributed by atoms with van der Waals surface area (Å²) in [7, 11) is 1.60. The number of amides is 2. The monoisotopic (exact) mass is 274 g/mol. The zero-order valence-electron chi connectivity index (χ0n) is 11.5. The Morgan fingerprint density at radius 1 is 1.30 bits per heavy atom. The Morgan fingerprint density at radius 2 is 2.05 bits per heavy atom. The smallest absolute Gasteiger partial charge is 0.250 e. The van der Waals surface area contributed by atoms with Crippen LogP contribution in [0.5, 0.6) is 5.75 Å². The standard InChI is InChI=1S/C15H18N2O3/c1-20-12-5-3-11(4-6-12)16-14(19)15-8-2-10-17(15)13(18)7-9-15/h3-6H,2,7-10H2,1H3,(H,16,19)/t15-/m1/s1. The molecule has 106 valence electrons. The maximum Gasteiger partial charge on any atom is 0.250 e. The van der Waals surface area contributed by atoms with Crippen molar-refractivity contribution in [1.82, 2.24) is 4.90 Å². The number of anilines is 1. The maximum atomic E-state index is 12.6. The van der Waals surface area contributed by atoms with E-state index < -0.39 is 5.54 Å². The number of nitrogens with one attached hydrogen (secondary N) is 1. The van der Waals surface area contributed by atoms with Crippen molar-refractivity contribution in [1.29, 1.82) is 0 Å². The molecule has 3 rings (SSSR count). The number of benzene rings is 1. The van der Waals surface area contributed by atoms with Gasteiger partial charge in [0.2, 0.25) is 11.8 Å². The summed E-state index contributed by atoms with van der Waals surface area (Å²) < 4.78 is 5.09. The van der Waals surface area contributed by atoms with Crippen LogP contribution < -0.4 is 10.1 Å². The molecule has 1 atom stereocenters. The van der Waals surface area contributed by atoms with Crippen LogP contribution in [0.1, 0.15) is 25.7 Å². The van der Waals surface area contributed by atoms with Crippen molar-refractivity contribution in [2.45, 2.75) is 31.2 Å². The van der Waals surface area contributed by atoms with Gasteiger partial charge in [0.1, 0.15) is 11.3 Å². The highest BCUT2D eigenvalue weighted by atomic mass is 16.5. The van der Waals surface area contributed by atoms with Crippen molar-refractivity contribution in [3.8, 4) is 5.75 Å². The topological polar surface area (TPSA) is 58.6 Å². The van der Waals surface area contributed by atoms with Crippen LogP contribution in [-0.4, -0.2) is 35.9 Å². The van der Waals surface area contributed by atoms with Crippen molar-refractivity contribution in [2.24, 2.45) is 0 Å². The molecule has 0 radical (unpaired) electrons. The number of ether oxygens (including phenoxy) is 1. The lowest BCUT2D eigenvalue weighted by Gasteiger charge is -2.30. The SMILES string of the molecule is COc1ccc(NC(=O)[C@]23CCCN2C(=O)CC3)cc1. The molecule has 5 heteroatoms. The molecule has 1 aromatic rings. The van der Waals surface area contributed by atoms with Crippen LogP contribution in [0.15, 0.2) is 24.3 Å². The van der Waals surface area contributed by atoms with Gasteiger partial charge in [0.15, 0.2) is 0 Å². The molecule has 1 aromatic carbocycles. The molecule has 2 fully saturated rings. The second-order valence-electron chi connectivity index (χ2n) is 5.36. The van der Waals surface area contributed by atoms with E-state index >= 15 is 0 Å². The second-order valence-corrected chi connectivity index (χ2v) is 5.36. The Kier molecular flexibility index (Phi) is 3.12. The molecule has 2 amide bonds. The molecule has 20 heavy (non-hydrogen) atoms. The van der Waals surface area contributed by atoms with Crippen LogP contribution in [0.2, 0.25) is 0 Å². The van der Waals surface area contributed by atoms with Crippen molar-refractivity contribution in [3.05, 3.63) is 24.3 Å². The zero-order valence-corrected chi connectivity index (χ0v) is 11.5. The first-order valence-electron chi connectivity index (χ1n) is 6.92. The summed E-state index contributed by atoms with van der Waals surface area (Å²) in [6.45, 7) is 0.703. The third-order valence-electron chi connectivity index (χ3n) is 4.31. The summed E-state index contributed by atoms with van der Waals surface area (Å²) in [6, 6.07) is 7.23. The van der Waals surface area contributed by atoms with Crippen LogP contribution in [0, 0.1) is 0 Å². The lowest BCUT2D eigenvalue weighted by atomic mass is 9.93. The molecular formula is C15H18N2O3. The van der Waals surface area contributed by atoms with Crippen LogP contribution in [0.25, 0.3) is 0 Å². The quantitative estimate of drug-likeness (QED) is 0.914. The van der Waals surface area contributed by atoms with Gasteiger partial charge in [-0.25, -0.2) is 0 Å². The number of fused-ring (bicyclic) bond motifs is 1. The number of nitrogens with zero attached hydrogens (tertiary/aromatic N) is 1. The number of carbonyl (C=O) groups excluding carboxylic acids is 2. The molecule has 2 aliphatic rings. The maximum absolute atomic E-state index is 12.6. The van der Waals surface area contributed by atoms with Crippen LogP contribution in [0.3, 0.4) is 0 Å². The highest BCUT2D eigenvalue weighted by molar-refractivity contribution is 6.02. The molecule has 0 bridgehead atoms. The third kappa shape index (κ3) is 1.94. The van der Waals surface area contributed by atoms with Crippen molar-refractivity contribution in [3.63, 3.8) is 0 Å². The number of hydrogen-bond acceptors (Lipinski definition) is 3. The second kappa shape index (κ2) is 4.81. The average molecular weight is 274 g/mol. The van der Waals surface area contributed by atoms with Crippen LogP contribution in [0.4, 0.5) is 5.69 Å². The van der Waals surface area contributed by atoms with E-state index in [1.54, 1.807) is 24.1 Å². The van der Waals surface area contributed by atoms with Gasteiger partial charge in [0.25, 0.3) is 0 Å². The lowest BCUT2D eigenvalue weighted by Crippen LogP contribution is -2.50. The molecule has 2 aliphatic heterocycles. The number of hydrogen-bond donors (Lipinski definition) is 1. The highest BCUT2D eigenvalue weighted by Crippen LogP contribution is 2.40. The molecule has 0 unspecified atom stereocenters. The molecule has 5 nitrogen and oxygen atoms in total. The van der Waals surface area contributed by atoms with Gasteiger partial charge in [-0.3, -0.25) is 9.59 Å². The minimum Gasteiger partial charge on any atom is -0.497 e. The minimum absolute atomic E-state index is 0.0639. The highest BCUT2D eigenvalue weighted by Gasteiger charge is 2.53. The van der Waals surface area contributed by atoms with Gasteiger partial charge in [0, 0.05) is 18.7 Å². The minimum atomic E-state index is -0.614. The fourth-order valence-electron chi connectivity index (χ4n) is 3.22. The van der Waals surface area contributed by atoms with Crippen molar-refractivity contribution >= 4 is 17.5 Å². The normalized spacial score (nSPS) is 24.6. The van der Waals surface area contributed by atoms with E-state index in [0.717, 1.165) is 24.3 Å². The zero-order chi connectivity index (χ0) is 14.2. The Labute approximate surface area is 117 Å². The molecule has 2 heterocycles. The number of methoxy groups -OCH3 is 1. The van der Waals surface area contributed by atoms with Gasteiger partial charge in [-0.1, -0.05) is 0 Å². The number of rotatable bonds is 3. The molecule has 0 aliphatic carbocycles. The summed E-state index contributed by atoms with van der Waals surface area (Å²) in [5.74, 6) is 0.790. The summed E-state index contributed by atoms with van der Waals surface area (Å²) in [5, 5.41) is 2.93. The molecule has 0 aromatic heterocycles. The summed E-state index contributed by atoms with van der Waals surface area (Å²) >= 11 is 0. The van der Waals surface area contributed by atoms with Crippen molar-refractivity contribution in [2.75, 3.05) is 19.0 Å². The Morgan fingerprint density at radius 3 is 2.75 bits per heavy atom. The fraction of sp³-hybridized carbons (Fsp3) is 0.467. The van der Waals surface area contributed by atoms with Crippen LogP contribution >= 0.6 is 0 Å². The van der Waals surface area contributed by atoms with Gasteiger partial charge >= 0.3 is 0 Å². The predicted octanol–water partition coefficient (Wildman–Crippen LogP) is 1.79. The van der Waals surface area contributed by atoms with E-state index in [-0.39, 0.29) is 11.8 Å². The first-order valence-corrected chi connectivity index (χ1v) is 6.92. The summed E-state index contributed by atoms with van der Waals surface area (Å²) in [5.41, 5.74) is 0.119. The first-order chi connectivity index (χ1) is 9.65. The van der Waals surface area contributed by atoms with E-state index in [1.807, 2.05) is 12.1 Å². The van der Waals surface area contributed by atoms with E-state index in [1.165, 1.54) is 0 Å². The first kappa shape index (κ1) is 13.0. The van der Waals surface area contributed by atoms with Gasteiger partial charge in [-0.15, -0.1) is 0 Å². The van der Waals surface area contributed by atoms with Gasteiger partial charge in [-0.2, -0.15) is 0 Å². The molecule has 0 spiro atoms. The van der Waals surface area contributed by atoms with Gasteiger partial charge in [-0.05, 0) is 43.5 Å². The van der Waals surface area contributed by atoms with E-state index in [4.69, 9.17) is 4.74 Å². The number of carbonyl (C=O) groups is 2. The lowest BCUT2D eigenvalue weighted by molar-refractivity contribution is -0.136. The molecular weight excluding hydrogens is 256 g/mol. The Hall–Kier alpha value is -2.04. The molecule has 0 saturated carbocycles.